The quantitative estimate of drug-likeness (QED) is 0.00839. The van der Waals surface area contributed by atoms with Crippen molar-refractivity contribution in [2.24, 2.45) is 29.6 Å². The van der Waals surface area contributed by atoms with Gasteiger partial charge in [-0.1, -0.05) is 125 Å². The molecule has 39 nitrogen and oxygen atoms in total. The first-order chi connectivity index (χ1) is 60.9. The highest BCUT2D eigenvalue weighted by atomic mass is 33.1. The minimum Gasteiger partial charge on any atom is -0.508 e. The Morgan fingerprint density at radius 2 is 1.28 bits per heavy atom. The lowest BCUT2D eigenvalue weighted by Crippen LogP contribution is -2.50. The molecule has 1 fully saturated rings. The number of nitrogens with zero attached hydrogens (tertiary/aromatic N) is 3. The number of ketones is 2. The van der Waals surface area contributed by atoms with E-state index in [9.17, 15) is 86.6 Å². The van der Waals surface area contributed by atoms with Crippen LogP contribution in [0.5, 0.6) is 5.75 Å². The zero-order chi connectivity index (χ0) is 97.8. The molecular weight excluding hydrogens is 1740 g/mol. The molecule has 1 unspecified atom stereocenters. The van der Waals surface area contributed by atoms with Crippen molar-refractivity contribution in [3.05, 3.63) is 81.3 Å². The Morgan fingerprint density at radius 1 is 0.659 bits per heavy atom. The fourth-order valence-corrected chi connectivity index (χ4v) is 14.8. The molecule has 129 heavy (non-hydrogen) atoms. The molecule has 14 N–H and O–H groups in total. The van der Waals surface area contributed by atoms with Crippen molar-refractivity contribution >= 4 is 140 Å². The van der Waals surface area contributed by atoms with Gasteiger partial charge in [0, 0.05) is 106 Å². The van der Waals surface area contributed by atoms with Crippen molar-refractivity contribution in [3.63, 3.8) is 0 Å². The van der Waals surface area contributed by atoms with Crippen LogP contribution in [0.2, 0.25) is 0 Å². The normalized spacial score (nSPS) is 14.3. The SMILES string of the molecule is CCCC(=O)OCN(C(=O)[C@@H](CC(=O)[C@H]1CCCCN1C)C(C)CC)[C@H](C[C@@H](OC(C)=O)c1nc(C)cs1)C(C)C.CCNC(=O)NCCCC[C@H](NC(=O)NCCCC(=O)O)C(=O)O.CC[C@H](NC(=O)[C@H](CC(=O)O)CC(=O)[C@H](CC(=O)O)NC(=O)Cc1ccc(C)cc1)C(=O)O.CSSCCOC(=O)CNC(=O)[C@@H](C)C[C@H](Cc1ccc(O)cc1)NC(C)=O.O=C=O. The summed E-state index contributed by atoms with van der Waals surface area (Å²) in [6.45, 7) is 23.4. The molecule has 0 radical (unpaired) electrons. The van der Waals surface area contributed by atoms with Crippen LogP contribution in [0.3, 0.4) is 0 Å². The number of aromatic hydroxyl groups is 1. The maximum atomic E-state index is 14.5. The third-order valence-electron chi connectivity index (χ3n) is 19.9. The Balaban J connectivity index is 0.00000171. The van der Waals surface area contributed by atoms with E-state index in [-0.39, 0.29) is 136 Å². The fraction of sp³-hybridized carbons (Fsp3) is 0.621. The van der Waals surface area contributed by atoms with E-state index in [0.29, 0.717) is 74.5 Å². The van der Waals surface area contributed by atoms with Crippen molar-refractivity contribution in [1.29, 1.82) is 0 Å². The molecule has 11 atom stereocenters. The number of rotatable bonds is 54. The van der Waals surface area contributed by atoms with Crippen LogP contribution >= 0.6 is 32.9 Å². The third-order valence-corrected chi connectivity index (χ3v) is 22.7. The average Bonchev–Trinajstić information content (AvgIpc) is 1.79. The number of thiazole rings is 1. The first-order valence-electron chi connectivity index (χ1n) is 42.7. The lowest BCUT2D eigenvalue weighted by atomic mass is 9.82. The van der Waals surface area contributed by atoms with E-state index in [1.165, 1.54) is 32.1 Å². The number of phenolic OH excluding ortho intramolecular Hbond substituents is 1. The molecule has 1 aliphatic heterocycles. The molecular formula is C87H133N11O28S3. The van der Waals surface area contributed by atoms with Crippen LogP contribution in [0.1, 0.15) is 218 Å². The van der Waals surface area contributed by atoms with E-state index in [2.05, 4.69) is 52.4 Å². The van der Waals surface area contributed by atoms with Crippen LogP contribution in [0.15, 0.2) is 53.9 Å². The number of carbonyl (C=O) groups is 17. The second-order valence-corrected chi connectivity index (χ2v) is 34.5. The Morgan fingerprint density at radius 3 is 1.81 bits per heavy atom. The minimum atomic E-state index is -1.48. The number of amides is 9. The number of carboxylic acids is 5. The van der Waals surface area contributed by atoms with E-state index >= 15 is 0 Å². The summed E-state index contributed by atoms with van der Waals surface area (Å²) < 4.78 is 16.4. The topological polar surface area (TPSA) is 589 Å². The highest BCUT2D eigenvalue weighted by Crippen LogP contribution is 2.34. The zero-order valence-corrected chi connectivity index (χ0v) is 78.6. The summed E-state index contributed by atoms with van der Waals surface area (Å²) in [6, 6.07) is 8.18. The van der Waals surface area contributed by atoms with Crippen LogP contribution in [-0.4, -0.2) is 254 Å². The molecule has 1 saturated heterocycles. The van der Waals surface area contributed by atoms with Gasteiger partial charge in [-0.3, -0.25) is 67.2 Å². The van der Waals surface area contributed by atoms with Crippen molar-refractivity contribution in [1.82, 2.24) is 57.3 Å². The number of carbonyl (C=O) groups excluding carboxylic acids is 14. The van der Waals surface area contributed by atoms with Gasteiger partial charge >= 0.3 is 66.0 Å². The van der Waals surface area contributed by atoms with Crippen LogP contribution < -0.4 is 42.5 Å². The second-order valence-electron chi connectivity index (χ2n) is 31.0. The van der Waals surface area contributed by atoms with E-state index < -0.39 is 133 Å². The van der Waals surface area contributed by atoms with Crippen LogP contribution in [0.4, 0.5) is 9.59 Å². The fourth-order valence-electron chi connectivity index (χ4n) is 12.9. The van der Waals surface area contributed by atoms with Gasteiger partial charge in [-0.15, -0.1) is 11.3 Å². The van der Waals surface area contributed by atoms with E-state index in [4.69, 9.17) is 49.3 Å². The number of likely N-dealkylation sites (N-methyl/N-ethyl adjacent to an activating group) is 1. The average molecular weight is 1880 g/mol. The largest absolute Gasteiger partial charge is 0.508 e. The summed E-state index contributed by atoms with van der Waals surface area (Å²) in [4.78, 5) is 228. The number of hydrogen-bond donors (Lipinski definition) is 14. The molecule has 0 aliphatic carbocycles. The van der Waals surface area contributed by atoms with Gasteiger partial charge in [0.1, 0.15) is 36.0 Å². The summed E-state index contributed by atoms with van der Waals surface area (Å²) in [6.07, 6.45) is 6.69. The summed E-state index contributed by atoms with van der Waals surface area (Å²) in [5.74, 6) is -12.1. The number of carboxylic acid groups (broad SMARTS) is 5. The number of likely N-dealkylation sites (tertiary alicyclic amines) is 1. The van der Waals surface area contributed by atoms with Gasteiger partial charge in [0.25, 0.3) is 0 Å². The van der Waals surface area contributed by atoms with Gasteiger partial charge in [0.15, 0.2) is 24.4 Å². The van der Waals surface area contributed by atoms with Gasteiger partial charge in [0.2, 0.25) is 29.5 Å². The second kappa shape index (κ2) is 67.2. The molecule has 1 aromatic heterocycles. The zero-order valence-electron chi connectivity index (χ0n) is 76.2. The number of aryl methyl sites for hydroxylation is 2. The van der Waals surface area contributed by atoms with Crippen molar-refractivity contribution in [2.45, 2.75) is 254 Å². The van der Waals surface area contributed by atoms with E-state index in [1.54, 1.807) is 88.9 Å². The third kappa shape index (κ3) is 53.5. The van der Waals surface area contributed by atoms with Crippen LogP contribution in [0, 0.1) is 43.4 Å². The van der Waals surface area contributed by atoms with Gasteiger partial charge in [-0.05, 0) is 140 Å². The minimum absolute atomic E-state index is 0.0333. The molecule has 0 saturated carbocycles. The summed E-state index contributed by atoms with van der Waals surface area (Å²) in [7, 11) is 5.17. The Bertz CT molecular complexity index is 4060. The number of phenols is 1. The standard InChI is InChI=1S/C31H51N3O6S.C22H28N2O9.C19H28N2O5S2.C14H26N4O6.CO2/c1-9-13-29(37)39-19-34(26(20(3)4)17-28(40-23(7)35)30-32-22(6)18-41-30)31(38)24(21(5)10-2)16-27(36)25-14-11-12-15-33(25)8;1-3-15(22(32)33)24-21(31)14(10-19(27)28)9-17(25)16(11-20(29)30)23-18(26)8-13-6-4-12(2)5-7-13;1-13(19(25)20-12-18(24)26-8-9-28-27-3)10-16(21-14(2)22)11-15-4-6-17(23)7-5-15;1-2-15-13(23)16-8-4-3-6-10(12(21)22)18-14(24)17-9-5-7-11(19)20;2-1-3/h18,20-21,24-26,28H,9-17,19H2,1-8H3;4-7,14-16H,3,8-11H2,1-2H3,(H,23,26)(H,24,31)(H,27,28)(H,29,30)(H,32,33);4-7,13,16,23H,8-12H2,1-3H3,(H,20,25)(H,21,22);10H,2-9H2,1H3,(H,19,20)(H,21,22)(H2,15,16,23)(H2,17,18,24);/t21?,24-,25+,26+,28+;14-,15-,16-;13-,16+;10-;/m0000./s1. The molecule has 2 heterocycles. The number of ether oxygens (including phenoxy) is 3. The number of aromatic nitrogens is 1. The molecule has 2 aromatic carbocycles. The smallest absolute Gasteiger partial charge is 0.373 e. The molecule has 9 amide bonds. The molecule has 0 bridgehead atoms. The number of esters is 3. The number of urea groups is 2. The highest BCUT2D eigenvalue weighted by Gasteiger charge is 2.40. The predicted octanol–water partition coefficient (Wildman–Crippen LogP) is 7.88. The lowest BCUT2D eigenvalue weighted by molar-refractivity contribution is -0.192. The molecule has 42 heteroatoms. The number of hydrogen-bond acceptors (Lipinski definition) is 28. The Labute approximate surface area is 764 Å². The summed E-state index contributed by atoms with van der Waals surface area (Å²) in [5.41, 5.74) is 3.39. The maximum Gasteiger partial charge on any atom is 0.373 e. The van der Waals surface area contributed by atoms with Crippen molar-refractivity contribution < 1.29 is 136 Å². The molecule has 722 valence electrons. The molecule has 0 spiro atoms. The van der Waals surface area contributed by atoms with Crippen molar-refractivity contribution in [3.8, 4) is 5.75 Å². The molecule has 4 rings (SSSR count). The first kappa shape index (κ1) is 118. The number of nitrogens with one attached hydrogen (secondary N) is 8. The van der Waals surface area contributed by atoms with Crippen molar-refractivity contribution in [2.75, 3.05) is 65.1 Å². The number of Topliss-reactive ketones (excluding diaryl/α,β-unsaturated/α-hetero) is 2. The molecule has 3 aromatic rings. The Hall–Kier alpha value is -11.1. The van der Waals surface area contributed by atoms with Gasteiger partial charge in [-0.25, -0.2) is 24.2 Å². The van der Waals surface area contributed by atoms with E-state index in [1.807, 2.05) is 67.1 Å². The van der Waals surface area contributed by atoms with Crippen LogP contribution in [-0.2, 0) is 109 Å². The monoisotopic (exact) mass is 1880 g/mol. The van der Waals surface area contributed by atoms with Gasteiger partial charge < -0.3 is 92.3 Å². The van der Waals surface area contributed by atoms with Gasteiger partial charge in [0.05, 0.1) is 37.3 Å². The van der Waals surface area contributed by atoms with E-state index in [0.717, 1.165) is 49.0 Å². The first-order valence-corrected chi connectivity index (χ1v) is 46.3. The maximum absolute atomic E-state index is 14.5. The van der Waals surface area contributed by atoms with Gasteiger partial charge in [-0.2, -0.15) is 9.59 Å². The lowest BCUT2D eigenvalue weighted by Gasteiger charge is -2.39. The number of benzene rings is 2. The molecule has 1 aliphatic rings. The van der Waals surface area contributed by atoms with Crippen LogP contribution in [0.25, 0.3) is 0 Å². The number of aliphatic carboxylic acids is 5. The Kier molecular flexibility index (Phi) is 61.4. The number of unbranched alkanes of at least 4 members (excludes halogenated alkanes) is 1. The summed E-state index contributed by atoms with van der Waals surface area (Å²) in [5, 5.41) is 76.7. The highest BCUT2D eigenvalue weighted by molar-refractivity contribution is 8.76. The summed E-state index contributed by atoms with van der Waals surface area (Å²) >= 11 is 1.41. The number of piperidine rings is 1. The predicted molar refractivity (Wildman–Crippen MR) is 478 cm³/mol.